The molecule has 1 N–H and O–H groups in total. The molecule has 0 heterocycles. The molecule has 2 nitrogen and oxygen atoms in total. The molecule has 0 aromatic rings. The standard InChI is InChI=1S/C6H11NO.4FH.Nb/c1-3-4-6(8)5-7-2;;;;;/h3-4,7H,5H2,1-2H3;4*1H;/q;;;;;+4/p-4. The molecule has 0 rings (SSSR count). The maximum absolute atomic E-state index is 10.5. The van der Waals surface area contributed by atoms with Gasteiger partial charge in [0.1, 0.15) is 0 Å². The Labute approximate surface area is 90.1 Å². The van der Waals surface area contributed by atoms with Gasteiger partial charge in [0.15, 0.2) is 5.78 Å². The van der Waals surface area contributed by atoms with E-state index in [1.165, 1.54) is 0 Å². The Bertz CT molecular complexity index is 113. The predicted octanol–water partition coefficient (Wildman–Crippen LogP) is -11.6. The maximum atomic E-state index is 10.5. The zero-order valence-electron chi connectivity index (χ0n) is 7.23. The van der Waals surface area contributed by atoms with Crippen LogP contribution in [0.1, 0.15) is 6.92 Å². The van der Waals surface area contributed by atoms with Crippen LogP contribution in [0.25, 0.3) is 0 Å². The molecule has 0 aliphatic heterocycles. The van der Waals surface area contributed by atoms with Gasteiger partial charge in [0.05, 0.1) is 6.54 Å². The van der Waals surface area contributed by atoms with Crippen molar-refractivity contribution in [3.8, 4) is 0 Å². The number of likely N-dealkylation sites (N-methyl/N-ethyl adjacent to an activating group) is 1. The number of ketones is 1. The van der Waals surface area contributed by atoms with Gasteiger partial charge >= 0.3 is 22.4 Å². The maximum Gasteiger partial charge on any atom is 4.00 e. The number of carbonyl (C=O) groups excluding carboxylic acids is 1. The van der Waals surface area contributed by atoms with Gasteiger partial charge in [0, 0.05) is 0 Å². The summed E-state index contributed by atoms with van der Waals surface area (Å²) in [7, 11) is 1.75. The molecule has 0 saturated heterocycles. The largest absolute Gasteiger partial charge is 4.00 e. The smallest absolute Gasteiger partial charge is 1.00 e. The fourth-order valence-corrected chi connectivity index (χ4v) is 0.419. The second-order valence-electron chi connectivity index (χ2n) is 1.50. The Morgan fingerprint density at radius 2 is 1.62 bits per heavy atom. The first-order valence-corrected chi connectivity index (χ1v) is 2.61. The summed E-state index contributed by atoms with van der Waals surface area (Å²) in [5.74, 6) is 0.120. The second kappa shape index (κ2) is 29.7. The summed E-state index contributed by atoms with van der Waals surface area (Å²) in [6.07, 6.45) is 3.29. The van der Waals surface area contributed by atoms with E-state index < -0.39 is 0 Å². The van der Waals surface area contributed by atoms with Crippen molar-refractivity contribution in [2.45, 2.75) is 6.92 Å². The van der Waals surface area contributed by atoms with Crippen molar-refractivity contribution in [1.29, 1.82) is 0 Å². The van der Waals surface area contributed by atoms with Crippen molar-refractivity contribution >= 4 is 5.78 Å². The first-order chi connectivity index (χ1) is 3.81. The SMILES string of the molecule is CC=CC(=O)CNC.[F-].[F-].[F-].[F-].[Nb+4]. The van der Waals surface area contributed by atoms with Gasteiger partial charge in [-0.25, -0.2) is 0 Å². The van der Waals surface area contributed by atoms with Crippen LogP contribution < -0.4 is 24.1 Å². The fourth-order valence-electron chi connectivity index (χ4n) is 0.419. The molecule has 13 heavy (non-hydrogen) atoms. The molecular weight excluding hydrogens is 271 g/mol. The van der Waals surface area contributed by atoms with Gasteiger partial charge in [-0.3, -0.25) is 4.79 Å². The number of hydrogen-bond donors (Lipinski definition) is 1. The molecule has 0 bridgehead atoms. The van der Waals surface area contributed by atoms with Crippen molar-refractivity contribution in [2.75, 3.05) is 13.6 Å². The Balaban J connectivity index is -0.0000000245. The van der Waals surface area contributed by atoms with Crippen LogP contribution in [-0.2, 0) is 27.2 Å². The van der Waals surface area contributed by atoms with E-state index in [0.29, 0.717) is 6.54 Å². The average molecular weight is 282 g/mol. The van der Waals surface area contributed by atoms with Gasteiger partial charge in [-0.15, -0.1) is 0 Å². The van der Waals surface area contributed by atoms with Crippen LogP contribution in [-0.4, -0.2) is 19.4 Å². The summed E-state index contributed by atoms with van der Waals surface area (Å²) in [6.45, 7) is 2.26. The summed E-state index contributed by atoms with van der Waals surface area (Å²) in [6, 6.07) is 0. The van der Waals surface area contributed by atoms with Crippen LogP contribution in [0.5, 0.6) is 0 Å². The molecule has 7 heteroatoms. The van der Waals surface area contributed by atoms with E-state index in [9.17, 15) is 4.79 Å². The molecule has 0 aromatic heterocycles. The molecule has 1 radical (unpaired) electrons. The molecule has 0 unspecified atom stereocenters. The average Bonchev–Trinajstić information content (AvgIpc) is 1.68. The minimum atomic E-state index is 0. The summed E-state index contributed by atoms with van der Waals surface area (Å²) in [5.41, 5.74) is 0. The Hall–Kier alpha value is -0.170. The summed E-state index contributed by atoms with van der Waals surface area (Å²) in [4.78, 5) is 10.5. The van der Waals surface area contributed by atoms with E-state index in [-0.39, 0.29) is 47.0 Å². The van der Waals surface area contributed by atoms with Crippen molar-refractivity contribution in [3.05, 3.63) is 12.2 Å². The third kappa shape index (κ3) is 33.6. The number of carbonyl (C=O) groups is 1. The predicted molar refractivity (Wildman–Crippen MR) is 33.7 cm³/mol. The van der Waals surface area contributed by atoms with Gasteiger partial charge in [-0.1, -0.05) is 6.08 Å². The normalized spacial score (nSPS) is 6.31. The second-order valence-corrected chi connectivity index (χ2v) is 1.50. The molecule has 0 aromatic carbocycles. The van der Waals surface area contributed by atoms with Crippen LogP contribution in [0, 0.1) is 0 Å². The first kappa shape index (κ1) is 38.5. The van der Waals surface area contributed by atoms with Crippen molar-refractivity contribution in [3.63, 3.8) is 0 Å². The Morgan fingerprint density at radius 1 is 1.23 bits per heavy atom. The van der Waals surface area contributed by atoms with Gasteiger partial charge in [0.2, 0.25) is 0 Å². The first-order valence-electron chi connectivity index (χ1n) is 2.61. The number of nitrogens with one attached hydrogen (secondary N) is 1. The molecule has 0 aliphatic rings. The molecule has 79 valence electrons. The Morgan fingerprint density at radius 3 is 1.85 bits per heavy atom. The van der Waals surface area contributed by atoms with E-state index in [1.807, 2.05) is 6.92 Å². The van der Waals surface area contributed by atoms with Crippen LogP contribution in [0.4, 0.5) is 0 Å². The quantitative estimate of drug-likeness (QED) is 0.316. The molecule has 0 fully saturated rings. The topological polar surface area (TPSA) is 29.1 Å². The van der Waals surface area contributed by atoms with E-state index in [0.717, 1.165) is 0 Å². The molecule has 0 aliphatic carbocycles. The van der Waals surface area contributed by atoms with Crippen LogP contribution in [0.15, 0.2) is 12.2 Å². The molecule has 0 saturated carbocycles. The number of halogens is 4. The van der Waals surface area contributed by atoms with Gasteiger partial charge in [0.25, 0.3) is 0 Å². The van der Waals surface area contributed by atoms with Gasteiger partial charge < -0.3 is 24.1 Å². The number of allylic oxidation sites excluding steroid dienone is 1. The van der Waals surface area contributed by atoms with Crippen LogP contribution in [0.3, 0.4) is 0 Å². The minimum Gasteiger partial charge on any atom is -1.00 e. The van der Waals surface area contributed by atoms with Crippen molar-refractivity contribution in [1.82, 2.24) is 5.32 Å². The zero-order valence-corrected chi connectivity index (χ0v) is 9.43. The monoisotopic (exact) mass is 282 g/mol. The molecule has 0 spiro atoms. The number of rotatable bonds is 3. The summed E-state index contributed by atoms with van der Waals surface area (Å²) < 4.78 is 0. The molecule has 0 amide bonds. The fraction of sp³-hybridized carbons (Fsp3) is 0.500. The van der Waals surface area contributed by atoms with E-state index >= 15 is 0 Å². The number of hydrogen-bond acceptors (Lipinski definition) is 2. The van der Waals surface area contributed by atoms with Crippen molar-refractivity contribution in [2.24, 2.45) is 0 Å². The molecule has 0 atom stereocenters. The minimum absolute atomic E-state index is 0. The van der Waals surface area contributed by atoms with E-state index in [2.05, 4.69) is 5.32 Å². The van der Waals surface area contributed by atoms with Crippen molar-refractivity contribution < 1.29 is 46.0 Å². The third-order valence-corrected chi connectivity index (χ3v) is 0.704. The van der Waals surface area contributed by atoms with Crippen LogP contribution in [0.2, 0.25) is 0 Å². The zero-order chi connectivity index (χ0) is 6.41. The third-order valence-electron chi connectivity index (χ3n) is 0.704. The van der Waals surface area contributed by atoms with Gasteiger partial charge in [-0.05, 0) is 20.0 Å². The Kier molecular flexibility index (Phi) is 88.1. The summed E-state index contributed by atoms with van der Waals surface area (Å²) >= 11 is 0. The van der Waals surface area contributed by atoms with Crippen LogP contribution >= 0.6 is 0 Å². The van der Waals surface area contributed by atoms with E-state index in [4.69, 9.17) is 0 Å². The summed E-state index contributed by atoms with van der Waals surface area (Å²) in [5, 5.41) is 2.75. The van der Waals surface area contributed by atoms with Gasteiger partial charge in [-0.2, -0.15) is 0 Å². The van der Waals surface area contributed by atoms with E-state index in [1.54, 1.807) is 19.2 Å². The molecular formula is C6H11F4NNbO.